The van der Waals surface area contributed by atoms with Crippen molar-refractivity contribution in [2.45, 2.75) is 45.1 Å². The summed E-state index contributed by atoms with van der Waals surface area (Å²) in [6, 6.07) is 9.74. The van der Waals surface area contributed by atoms with Gasteiger partial charge in [-0.05, 0) is 44.7 Å². The number of amides is 1. The van der Waals surface area contributed by atoms with E-state index in [2.05, 4.69) is 18.3 Å². The third kappa shape index (κ3) is 4.72. The Morgan fingerprint density at radius 1 is 1.30 bits per heavy atom. The zero-order valence-corrected chi connectivity index (χ0v) is 12.1. The summed E-state index contributed by atoms with van der Waals surface area (Å²) in [4.78, 5) is 11.9. The number of hydrogen-bond donors (Lipinski definition) is 1. The summed E-state index contributed by atoms with van der Waals surface area (Å²) in [5.74, 6) is 0.864. The summed E-state index contributed by atoms with van der Waals surface area (Å²) >= 11 is 0. The van der Waals surface area contributed by atoms with Gasteiger partial charge in [-0.1, -0.05) is 29.8 Å². The molecule has 2 rings (SSSR count). The van der Waals surface area contributed by atoms with Crippen LogP contribution in [0.25, 0.3) is 0 Å². The monoisotopic (exact) mass is 273 g/mol. The molecule has 0 aliphatic heterocycles. The average Bonchev–Trinajstić information content (AvgIpc) is 2.49. The minimum absolute atomic E-state index is 0.0555. The van der Waals surface area contributed by atoms with Gasteiger partial charge >= 0.3 is 0 Å². The Morgan fingerprint density at radius 2 is 2.10 bits per heavy atom. The van der Waals surface area contributed by atoms with Crippen LogP contribution in [0.15, 0.2) is 42.0 Å². The summed E-state index contributed by atoms with van der Waals surface area (Å²) in [5, 5.41) is 3.05. The number of ether oxygens (including phenoxy) is 1. The number of benzene rings is 1. The highest BCUT2D eigenvalue weighted by Crippen LogP contribution is 2.20. The molecule has 108 valence electrons. The lowest BCUT2D eigenvalue weighted by Gasteiger charge is -2.20. The molecule has 3 nitrogen and oxygen atoms in total. The predicted molar refractivity (Wildman–Crippen MR) is 80.7 cm³/mol. The Balaban J connectivity index is 1.68. The SMILES string of the molecule is CC(NC(=O)CCOc1ccccc1)C1=CCCCC1. The smallest absolute Gasteiger partial charge is 0.223 e. The Hall–Kier alpha value is -1.77. The van der Waals surface area contributed by atoms with Crippen LogP contribution in [0.3, 0.4) is 0 Å². The Kier molecular flexibility index (Phi) is 5.66. The highest BCUT2D eigenvalue weighted by Gasteiger charge is 2.13. The first-order valence-electron chi connectivity index (χ1n) is 7.42. The molecule has 0 saturated carbocycles. The molecule has 1 aliphatic rings. The Bertz CT molecular complexity index is 453. The molecule has 3 heteroatoms. The van der Waals surface area contributed by atoms with Crippen LogP contribution >= 0.6 is 0 Å². The van der Waals surface area contributed by atoms with Crippen LogP contribution in [-0.2, 0) is 4.79 Å². The van der Waals surface area contributed by atoms with E-state index in [9.17, 15) is 4.79 Å². The number of hydrogen-bond acceptors (Lipinski definition) is 2. The van der Waals surface area contributed by atoms with E-state index in [-0.39, 0.29) is 11.9 Å². The van der Waals surface area contributed by atoms with E-state index in [1.165, 1.54) is 18.4 Å². The zero-order valence-electron chi connectivity index (χ0n) is 12.1. The van der Waals surface area contributed by atoms with E-state index in [0.29, 0.717) is 13.0 Å². The highest BCUT2D eigenvalue weighted by molar-refractivity contribution is 5.76. The number of carbonyl (C=O) groups is 1. The van der Waals surface area contributed by atoms with Crippen molar-refractivity contribution in [1.82, 2.24) is 5.32 Å². The fraction of sp³-hybridized carbons (Fsp3) is 0.471. The first kappa shape index (κ1) is 14.6. The van der Waals surface area contributed by atoms with Crippen LogP contribution in [0.2, 0.25) is 0 Å². The molecule has 0 radical (unpaired) electrons. The van der Waals surface area contributed by atoms with Gasteiger partial charge in [-0.15, -0.1) is 0 Å². The van der Waals surface area contributed by atoms with Gasteiger partial charge in [0.25, 0.3) is 0 Å². The van der Waals surface area contributed by atoms with Crippen molar-refractivity contribution >= 4 is 5.91 Å². The first-order valence-corrected chi connectivity index (χ1v) is 7.42. The van der Waals surface area contributed by atoms with Gasteiger partial charge in [0.1, 0.15) is 5.75 Å². The maximum atomic E-state index is 11.9. The number of rotatable bonds is 6. The molecule has 1 unspecified atom stereocenters. The number of nitrogens with one attached hydrogen (secondary N) is 1. The summed E-state index contributed by atoms with van der Waals surface area (Å²) < 4.78 is 5.53. The van der Waals surface area contributed by atoms with Crippen LogP contribution < -0.4 is 10.1 Å². The fourth-order valence-corrected chi connectivity index (χ4v) is 2.44. The van der Waals surface area contributed by atoms with Gasteiger partial charge in [-0.3, -0.25) is 4.79 Å². The quantitative estimate of drug-likeness (QED) is 0.806. The highest BCUT2D eigenvalue weighted by atomic mass is 16.5. The van der Waals surface area contributed by atoms with Crippen molar-refractivity contribution in [3.8, 4) is 5.75 Å². The van der Waals surface area contributed by atoms with Gasteiger partial charge in [0.15, 0.2) is 0 Å². The van der Waals surface area contributed by atoms with Gasteiger partial charge in [0, 0.05) is 6.04 Å². The molecule has 1 aliphatic carbocycles. The molecule has 1 N–H and O–H groups in total. The topological polar surface area (TPSA) is 38.3 Å². The lowest BCUT2D eigenvalue weighted by atomic mass is 9.95. The minimum atomic E-state index is 0.0555. The molecule has 1 aromatic carbocycles. The molecule has 0 aromatic heterocycles. The molecule has 0 saturated heterocycles. The summed E-state index contributed by atoms with van der Waals surface area (Å²) in [6.45, 7) is 2.48. The molecule has 0 bridgehead atoms. The lowest BCUT2D eigenvalue weighted by Crippen LogP contribution is -2.35. The van der Waals surface area contributed by atoms with E-state index >= 15 is 0 Å². The molecule has 0 heterocycles. The second-order valence-electron chi connectivity index (χ2n) is 5.23. The zero-order chi connectivity index (χ0) is 14.2. The minimum Gasteiger partial charge on any atom is -0.493 e. The Morgan fingerprint density at radius 3 is 2.80 bits per heavy atom. The van der Waals surface area contributed by atoms with Crippen molar-refractivity contribution in [1.29, 1.82) is 0 Å². The van der Waals surface area contributed by atoms with Crippen molar-refractivity contribution in [2.24, 2.45) is 0 Å². The van der Waals surface area contributed by atoms with E-state index in [0.717, 1.165) is 18.6 Å². The molecular formula is C17H23NO2. The number of allylic oxidation sites excluding steroid dienone is 1. The summed E-state index contributed by atoms with van der Waals surface area (Å²) in [5.41, 5.74) is 1.37. The van der Waals surface area contributed by atoms with Crippen LogP contribution in [0.5, 0.6) is 5.75 Å². The molecule has 1 aromatic rings. The van der Waals surface area contributed by atoms with Crippen molar-refractivity contribution in [2.75, 3.05) is 6.61 Å². The second-order valence-corrected chi connectivity index (χ2v) is 5.23. The largest absolute Gasteiger partial charge is 0.493 e. The van der Waals surface area contributed by atoms with Gasteiger partial charge in [-0.2, -0.15) is 0 Å². The Labute approximate surface area is 121 Å². The molecule has 20 heavy (non-hydrogen) atoms. The predicted octanol–water partition coefficient (Wildman–Crippen LogP) is 3.46. The third-order valence-corrected chi connectivity index (χ3v) is 3.60. The van der Waals surface area contributed by atoms with Gasteiger partial charge < -0.3 is 10.1 Å². The molecule has 0 spiro atoms. The number of carbonyl (C=O) groups excluding carboxylic acids is 1. The maximum absolute atomic E-state index is 11.9. The fourth-order valence-electron chi connectivity index (χ4n) is 2.44. The molecule has 0 fully saturated rings. The van der Waals surface area contributed by atoms with E-state index in [1.54, 1.807) is 0 Å². The first-order chi connectivity index (χ1) is 9.75. The van der Waals surface area contributed by atoms with Crippen LogP contribution in [0.1, 0.15) is 39.0 Å². The average molecular weight is 273 g/mol. The lowest BCUT2D eigenvalue weighted by molar-refractivity contribution is -0.121. The molecule has 1 atom stereocenters. The standard InChI is InChI=1S/C17H23NO2/c1-14(15-8-4-2-5-9-15)18-17(19)12-13-20-16-10-6-3-7-11-16/h3,6-8,10-11,14H,2,4-5,9,12-13H2,1H3,(H,18,19). The van der Waals surface area contributed by atoms with Crippen LogP contribution in [-0.4, -0.2) is 18.6 Å². The summed E-state index contributed by atoms with van der Waals surface area (Å²) in [7, 11) is 0. The number of para-hydroxylation sites is 1. The van der Waals surface area contributed by atoms with Gasteiger partial charge in [0.05, 0.1) is 13.0 Å². The van der Waals surface area contributed by atoms with Gasteiger partial charge in [0.2, 0.25) is 5.91 Å². The van der Waals surface area contributed by atoms with E-state index in [1.807, 2.05) is 30.3 Å². The van der Waals surface area contributed by atoms with E-state index in [4.69, 9.17) is 4.74 Å². The van der Waals surface area contributed by atoms with E-state index < -0.39 is 0 Å². The third-order valence-electron chi connectivity index (χ3n) is 3.60. The van der Waals surface area contributed by atoms with Crippen molar-refractivity contribution < 1.29 is 9.53 Å². The van der Waals surface area contributed by atoms with Crippen molar-refractivity contribution in [3.05, 3.63) is 42.0 Å². The second kappa shape index (κ2) is 7.73. The maximum Gasteiger partial charge on any atom is 0.223 e. The van der Waals surface area contributed by atoms with Crippen molar-refractivity contribution in [3.63, 3.8) is 0 Å². The summed E-state index contributed by atoms with van der Waals surface area (Å²) in [6.07, 6.45) is 7.44. The normalized spacial score (nSPS) is 16.1. The molecular weight excluding hydrogens is 250 g/mol. The van der Waals surface area contributed by atoms with Crippen LogP contribution in [0.4, 0.5) is 0 Å². The van der Waals surface area contributed by atoms with Gasteiger partial charge in [-0.25, -0.2) is 0 Å². The van der Waals surface area contributed by atoms with Crippen LogP contribution in [0, 0.1) is 0 Å². The molecule has 1 amide bonds.